The van der Waals surface area contributed by atoms with Crippen LogP contribution in [-0.2, 0) is 98.8 Å². The van der Waals surface area contributed by atoms with Gasteiger partial charge in [0.05, 0.1) is 69.4 Å². The number of carbonyl (C=O) groups is 5. The van der Waals surface area contributed by atoms with E-state index in [9.17, 15) is 29.2 Å². The zero-order valence-corrected chi connectivity index (χ0v) is 36.3. The van der Waals surface area contributed by atoms with Gasteiger partial charge in [0.25, 0.3) is 0 Å². The highest BCUT2D eigenvalue weighted by molar-refractivity contribution is 5.93. The Morgan fingerprint density at radius 3 is 1.81 bits per heavy atom. The van der Waals surface area contributed by atoms with E-state index in [1.165, 1.54) is 28.4 Å². The van der Waals surface area contributed by atoms with E-state index in [-0.39, 0.29) is 68.2 Å². The number of H-pyrrole nitrogens is 2. The number of aromatic amines is 2. The molecule has 0 saturated carbocycles. The average Bonchev–Trinajstić information content (AvgIpc) is 3.94. The van der Waals surface area contributed by atoms with Gasteiger partial charge in [-0.25, -0.2) is 4.79 Å². The second kappa shape index (κ2) is 18.4. The lowest BCUT2D eigenvalue weighted by Gasteiger charge is -2.18. The number of nitrogens with one attached hydrogen (secondary N) is 2. The molecule has 324 valence electrons. The summed E-state index contributed by atoms with van der Waals surface area (Å²) in [5.74, 6) is -2.73. The Kier molecular flexibility index (Phi) is 13.3. The molecular weight excluding hydrogens is 795 g/mol. The number of esters is 5. The minimum absolute atomic E-state index is 0.00512. The number of benzene rings is 1. The first-order valence-corrected chi connectivity index (χ1v) is 20.2. The maximum absolute atomic E-state index is 14.5. The molecule has 8 bridgehead atoms. The van der Waals surface area contributed by atoms with Crippen LogP contribution in [0.1, 0.15) is 107 Å². The van der Waals surface area contributed by atoms with Crippen LogP contribution in [0.25, 0.3) is 22.1 Å². The molecule has 0 radical (unpaired) electrons. The number of fused-ring (bicyclic) bond motifs is 8. The maximum atomic E-state index is 14.5. The molecule has 15 nitrogen and oxygen atoms in total. The number of aromatic nitrogens is 4. The molecule has 0 amide bonds. The highest BCUT2D eigenvalue weighted by Gasteiger charge is 2.39. The molecule has 62 heavy (non-hydrogen) atoms. The fourth-order valence-electron chi connectivity index (χ4n) is 8.15. The van der Waals surface area contributed by atoms with Crippen LogP contribution in [0, 0.1) is 11.3 Å². The van der Waals surface area contributed by atoms with E-state index in [1.807, 2.05) is 64.1 Å². The summed E-state index contributed by atoms with van der Waals surface area (Å²) in [6, 6.07) is 15.3. The Bertz CT molecular complexity index is 2650. The number of nitrogens with zero attached hydrogens (tertiary/aromatic N) is 3. The molecule has 0 atom stereocenters. The third-order valence-electron chi connectivity index (χ3n) is 11.5. The van der Waals surface area contributed by atoms with Gasteiger partial charge in [-0.1, -0.05) is 58.0 Å². The van der Waals surface area contributed by atoms with E-state index in [2.05, 4.69) is 16.0 Å². The number of hydrogen-bond acceptors (Lipinski definition) is 13. The third-order valence-corrected chi connectivity index (χ3v) is 11.5. The summed E-state index contributed by atoms with van der Waals surface area (Å²) >= 11 is 0. The Hall–Kier alpha value is -6.82. The van der Waals surface area contributed by atoms with Crippen LogP contribution in [0.15, 0.2) is 42.5 Å². The second-order valence-corrected chi connectivity index (χ2v) is 16.6. The first kappa shape index (κ1) is 44.7. The number of carbonyl (C=O) groups excluding carboxylic acids is 5. The van der Waals surface area contributed by atoms with Crippen LogP contribution < -0.4 is 0 Å². The van der Waals surface area contributed by atoms with E-state index in [1.54, 1.807) is 6.07 Å². The Morgan fingerprint density at radius 2 is 1.21 bits per heavy atom. The van der Waals surface area contributed by atoms with Gasteiger partial charge in [0, 0.05) is 58.8 Å². The molecule has 3 aromatic heterocycles. The topological polar surface area (TPSA) is 213 Å². The predicted molar refractivity (Wildman–Crippen MR) is 227 cm³/mol. The molecule has 5 heterocycles. The van der Waals surface area contributed by atoms with Gasteiger partial charge >= 0.3 is 29.8 Å². The molecule has 2 aliphatic heterocycles. The van der Waals surface area contributed by atoms with Crippen molar-refractivity contribution in [3.63, 3.8) is 0 Å². The van der Waals surface area contributed by atoms with E-state index in [4.69, 9.17) is 33.7 Å². The molecule has 0 spiro atoms. The van der Waals surface area contributed by atoms with Crippen molar-refractivity contribution in [2.75, 3.05) is 28.4 Å². The van der Waals surface area contributed by atoms with Crippen molar-refractivity contribution in [2.45, 2.75) is 96.5 Å². The lowest BCUT2D eigenvalue weighted by atomic mass is 9.83. The Morgan fingerprint density at radius 1 is 0.677 bits per heavy atom. The van der Waals surface area contributed by atoms with Crippen LogP contribution >= 0.6 is 0 Å². The highest BCUT2D eigenvalue weighted by atomic mass is 16.5. The zero-order valence-electron chi connectivity index (χ0n) is 36.3. The van der Waals surface area contributed by atoms with Gasteiger partial charge < -0.3 is 33.7 Å². The van der Waals surface area contributed by atoms with Crippen molar-refractivity contribution in [1.29, 1.82) is 5.26 Å². The quantitative estimate of drug-likeness (QED) is 0.113. The van der Waals surface area contributed by atoms with Crippen LogP contribution in [-0.4, -0.2) is 78.2 Å². The van der Waals surface area contributed by atoms with Gasteiger partial charge in [0.15, 0.2) is 0 Å². The Labute approximate surface area is 359 Å². The van der Waals surface area contributed by atoms with Gasteiger partial charge in [-0.2, -0.15) is 5.26 Å². The first-order chi connectivity index (χ1) is 29.5. The molecule has 0 saturated heterocycles. The number of aryl methyl sites for hydroxylation is 2. The van der Waals surface area contributed by atoms with Crippen LogP contribution in [0.2, 0.25) is 0 Å². The maximum Gasteiger partial charge on any atom is 0.342 e. The fourth-order valence-corrected chi connectivity index (χ4v) is 8.15. The number of rotatable bonds is 13. The Balaban J connectivity index is 1.84. The average molecular weight is 846 g/mol. The van der Waals surface area contributed by atoms with Gasteiger partial charge in [-0.3, -0.25) is 29.1 Å². The molecule has 15 heteroatoms. The van der Waals surface area contributed by atoms with E-state index in [0.29, 0.717) is 68.0 Å². The lowest BCUT2D eigenvalue weighted by molar-refractivity contribution is -0.141. The monoisotopic (exact) mass is 845 g/mol. The van der Waals surface area contributed by atoms with Gasteiger partial charge in [0.2, 0.25) is 0 Å². The number of nitriles is 1. The van der Waals surface area contributed by atoms with Gasteiger partial charge in [-0.15, -0.1) is 0 Å². The van der Waals surface area contributed by atoms with Crippen LogP contribution in [0.5, 0.6) is 0 Å². The minimum atomic E-state index is -0.811. The summed E-state index contributed by atoms with van der Waals surface area (Å²) in [7, 11) is 5.12. The molecule has 0 aliphatic carbocycles. The molecule has 6 rings (SSSR count). The minimum Gasteiger partial charge on any atom is -0.469 e. The molecule has 0 unspecified atom stereocenters. The summed E-state index contributed by atoms with van der Waals surface area (Å²) in [5, 5.41) is 11.1. The van der Waals surface area contributed by atoms with Crippen molar-refractivity contribution in [2.24, 2.45) is 0 Å². The van der Waals surface area contributed by atoms with Crippen molar-refractivity contribution in [3.8, 4) is 6.07 Å². The van der Waals surface area contributed by atoms with E-state index < -0.39 is 40.7 Å². The molecule has 2 aliphatic rings. The third kappa shape index (κ3) is 9.39. The molecule has 1 aromatic carbocycles. The largest absolute Gasteiger partial charge is 0.469 e. The molecule has 0 fully saturated rings. The van der Waals surface area contributed by atoms with E-state index >= 15 is 0 Å². The molecule has 2 N–H and O–H groups in total. The van der Waals surface area contributed by atoms with Crippen LogP contribution in [0.4, 0.5) is 0 Å². The van der Waals surface area contributed by atoms with Crippen molar-refractivity contribution >= 4 is 51.9 Å². The van der Waals surface area contributed by atoms with Gasteiger partial charge in [0.1, 0.15) is 18.2 Å². The molecule has 4 aromatic rings. The number of methoxy groups -OCH3 is 4. The van der Waals surface area contributed by atoms with Crippen LogP contribution in [0.3, 0.4) is 0 Å². The van der Waals surface area contributed by atoms with Crippen molar-refractivity contribution in [1.82, 2.24) is 19.9 Å². The summed E-state index contributed by atoms with van der Waals surface area (Å²) in [6.07, 6.45) is 0.254. The SMILES string of the molecule is COC(=O)CCc1c(CC(=O)OC)c2cc3nc(c(C(=O)OCc4ccccc4)c4nc(c(C#N)c5[nH]c(cc1[nH]2)c(CCC(=O)OC)c5CC(=O)OC)C(C)(C)C4)CC3(C)C. The number of ether oxygens (including phenoxy) is 5. The standard InChI is InChI=1S/C47H51N5O10/c1-46(2)22-35-42(45(57)62-25-26-12-10-9-11-13-26)36-23-47(3,4)44(52-36)31(24-48)43-30(19-41(56)61-8)28(15-17-39(54)59-6)33(51-43)20-32-27(14-16-38(53)58-5)29(18-40(55)60-7)34(49-32)21-37(46)50-35/h9-13,20-21,49,51H,14-19,22-23,25H2,1-8H3. The fraction of sp³-hybridized carbons (Fsp3) is 0.404. The lowest BCUT2D eigenvalue weighted by Crippen LogP contribution is -2.19. The normalized spacial score (nSPS) is 13.7. The smallest absolute Gasteiger partial charge is 0.342 e. The summed E-state index contributed by atoms with van der Waals surface area (Å²) in [5.41, 5.74) is 5.20. The first-order valence-electron chi connectivity index (χ1n) is 20.2. The zero-order chi connectivity index (χ0) is 44.9. The van der Waals surface area contributed by atoms with E-state index in [0.717, 1.165) is 5.56 Å². The van der Waals surface area contributed by atoms with Crippen molar-refractivity contribution < 1.29 is 47.7 Å². The molecular formula is C47H51N5O10. The summed E-state index contributed by atoms with van der Waals surface area (Å²) in [4.78, 5) is 83.1. The second-order valence-electron chi connectivity index (χ2n) is 16.6. The van der Waals surface area contributed by atoms with Gasteiger partial charge in [-0.05, 0) is 52.8 Å². The number of hydrogen-bond donors (Lipinski definition) is 2. The highest BCUT2D eigenvalue weighted by Crippen LogP contribution is 2.40. The summed E-state index contributed by atoms with van der Waals surface area (Å²) in [6.45, 7) is 7.84. The summed E-state index contributed by atoms with van der Waals surface area (Å²) < 4.78 is 26.2. The predicted octanol–water partition coefficient (Wildman–Crippen LogP) is 6.23. The van der Waals surface area contributed by atoms with Crippen molar-refractivity contribution in [3.05, 3.63) is 104 Å².